The molecule has 3 aromatic rings. The van der Waals surface area contributed by atoms with Crippen molar-refractivity contribution in [2.75, 3.05) is 11.9 Å². The van der Waals surface area contributed by atoms with Gasteiger partial charge in [-0.1, -0.05) is 50.2 Å². The van der Waals surface area contributed by atoms with E-state index in [1.807, 2.05) is 48.7 Å². The second-order valence-electron chi connectivity index (χ2n) is 8.08. The molecule has 0 radical (unpaired) electrons. The minimum absolute atomic E-state index is 0.0258. The number of nitrogens with one attached hydrogen (secondary N) is 3. The van der Waals surface area contributed by atoms with Crippen molar-refractivity contribution in [2.45, 2.75) is 32.6 Å². The molecule has 1 aromatic heterocycles. The minimum Gasteiger partial charge on any atom is -0.361 e. The lowest BCUT2D eigenvalue weighted by atomic mass is 10.0. The van der Waals surface area contributed by atoms with Gasteiger partial charge in [-0.05, 0) is 42.0 Å². The van der Waals surface area contributed by atoms with Crippen LogP contribution < -0.4 is 10.6 Å². The summed E-state index contributed by atoms with van der Waals surface area (Å²) in [4.78, 5) is 28.3. The molecule has 1 aliphatic carbocycles. The molecule has 1 saturated carbocycles. The Labute approximate surface area is 170 Å². The largest absolute Gasteiger partial charge is 0.361 e. The van der Waals surface area contributed by atoms with Crippen LogP contribution in [0.1, 0.15) is 37.3 Å². The van der Waals surface area contributed by atoms with Crippen molar-refractivity contribution < 1.29 is 9.59 Å². The molecule has 5 heteroatoms. The monoisotopic (exact) mass is 389 g/mol. The molecule has 2 amide bonds. The number of hydrogen-bond acceptors (Lipinski definition) is 2. The Morgan fingerprint density at radius 1 is 1.03 bits per heavy atom. The first-order chi connectivity index (χ1) is 14.0. The van der Waals surface area contributed by atoms with Gasteiger partial charge in [-0.2, -0.15) is 0 Å². The fraction of sp³-hybridized carbons (Fsp3) is 0.333. The van der Waals surface area contributed by atoms with Gasteiger partial charge in [0.1, 0.15) is 0 Å². The molecule has 0 spiro atoms. The average Bonchev–Trinajstić information content (AvgIpc) is 3.43. The third-order valence-electron chi connectivity index (χ3n) is 5.67. The molecule has 0 saturated heterocycles. The van der Waals surface area contributed by atoms with Gasteiger partial charge >= 0.3 is 0 Å². The molecule has 4 rings (SSSR count). The summed E-state index contributed by atoms with van der Waals surface area (Å²) >= 11 is 0. The Hall–Kier alpha value is -3.08. The number of fused-ring (bicyclic) bond motifs is 1. The van der Waals surface area contributed by atoms with E-state index in [4.69, 9.17) is 0 Å². The van der Waals surface area contributed by atoms with E-state index in [9.17, 15) is 9.59 Å². The van der Waals surface area contributed by atoms with Crippen molar-refractivity contribution in [3.63, 3.8) is 0 Å². The van der Waals surface area contributed by atoms with Crippen LogP contribution in [0, 0.1) is 11.8 Å². The maximum atomic E-state index is 12.6. The zero-order valence-corrected chi connectivity index (χ0v) is 16.9. The maximum absolute atomic E-state index is 12.6. The SMILES string of the molecule is CC(C)c1ccccc1NC(=O)C1CC1C(=O)NCCc1c[nH]c2ccccc12. The highest BCUT2D eigenvalue weighted by molar-refractivity contribution is 6.00. The third-order valence-corrected chi connectivity index (χ3v) is 5.67. The first kappa shape index (κ1) is 19.2. The molecule has 29 heavy (non-hydrogen) atoms. The summed E-state index contributed by atoms with van der Waals surface area (Å²) < 4.78 is 0. The van der Waals surface area contributed by atoms with Gasteiger partial charge in [0.05, 0.1) is 11.8 Å². The van der Waals surface area contributed by atoms with Crippen molar-refractivity contribution in [3.8, 4) is 0 Å². The van der Waals surface area contributed by atoms with Gasteiger partial charge in [-0.3, -0.25) is 9.59 Å². The van der Waals surface area contributed by atoms with Crippen LogP contribution in [0.3, 0.4) is 0 Å². The third kappa shape index (κ3) is 4.19. The topological polar surface area (TPSA) is 74.0 Å². The molecule has 150 valence electrons. The predicted molar refractivity (Wildman–Crippen MR) is 116 cm³/mol. The molecule has 1 fully saturated rings. The molecular formula is C24H27N3O2. The Morgan fingerprint density at radius 3 is 2.59 bits per heavy atom. The lowest BCUT2D eigenvalue weighted by molar-refractivity contribution is -0.125. The van der Waals surface area contributed by atoms with E-state index in [0.717, 1.165) is 23.2 Å². The number of hydrogen-bond donors (Lipinski definition) is 3. The summed E-state index contributed by atoms with van der Waals surface area (Å²) in [6.45, 7) is 4.78. The number of carbonyl (C=O) groups is 2. The normalized spacial score (nSPS) is 18.0. The quantitative estimate of drug-likeness (QED) is 0.566. The van der Waals surface area contributed by atoms with Crippen LogP contribution in [0.25, 0.3) is 10.9 Å². The van der Waals surface area contributed by atoms with Gasteiger partial charge in [0.2, 0.25) is 11.8 Å². The number of rotatable bonds is 7. The number of aromatic nitrogens is 1. The van der Waals surface area contributed by atoms with Gasteiger partial charge < -0.3 is 15.6 Å². The van der Waals surface area contributed by atoms with Gasteiger partial charge in [0, 0.05) is 29.3 Å². The van der Waals surface area contributed by atoms with Crippen molar-refractivity contribution in [1.82, 2.24) is 10.3 Å². The van der Waals surface area contributed by atoms with E-state index >= 15 is 0 Å². The van der Waals surface area contributed by atoms with E-state index in [0.29, 0.717) is 18.9 Å². The number of anilines is 1. The van der Waals surface area contributed by atoms with Gasteiger partial charge in [-0.15, -0.1) is 0 Å². The molecule has 5 nitrogen and oxygen atoms in total. The first-order valence-corrected chi connectivity index (χ1v) is 10.3. The zero-order valence-electron chi connectivity index (χ0n) is 16.9. The maximum Gasteiger partial charge on any atom is 0.228 e. The lowest BCUT2D eigenvalue weighted by Crippen LogP contribution is -2.29. The molecule has 1 heterocycles. The van der Waals surface area contributed by atoms with Crippen molar-refractivity contribution >= 4 is 28.4 Å². The van der Waals surface area contributed by atoms with E-state index in [2.05, 4.69) is 35.5 Å². The van der Waals surface area contributed by atoms with Gasteiger partial charge in [-0.25, -0.2) is 0 Å². The van der Waals surface area contributed by atoms with Crippen LogP contribution in [0.4, 0.5) is 5.69 Å². The van der Waals surface area contributed by atoms with Crippen molar-refractivity contribution in [1.29, 1.82) is 0 Å². The lowest BCUT2D eigenvalue weighted by Gasteiger charge is -2.13. The molecular weight excluding hydrogens is 362 g/mol. The molecule has 2 unspecified atom stereocenters. The van der Waals surface area contributed by atoms with Gasteiger partial charge in [0.15, 0.2) is 0 Å². The standard InChI is InChI=1S/C24H27N3O2/c1-15(2)17-7-3-6-10-22(17)27-24(29)20-13-19(20)23(28)25-12-11-16-14-26-21-9-5-4-8-18(16)21/h3-10,14-15,19-20,26H,11-13H2,1-2H3,(H,25,28)(H,27,29). The Balaban J connectivity index is 1.28. The van der Waals surface area contributed by atoms with Crippen molar-refractivity contribution in [3.05, 3.63) is 65.9 Å². The molecule has 2 aromatic carbocycles. The molecule has 0 aliphatic heterocycles. The summed E-state index contributed by atoms with van der Waals surface area (Å²) in [6, 6.07) is 16.0. The van der Waals surface area contributed by atoms with Crippen LogP contribution in [-0.2, 0) is 16.0 Å². The molecule has 0 bridgehead atoms. The number of benzene rings is 2. The van der Waals surface area contributed by atoms with Crippen LogP contribution in [0.2, 0.25) is 0 Å². The van der Waals surface area contributed by atoms with Crippen LogP contribution in [0.5, 0.6) is 0 Å². The van der Waals surface area contributed by atoms with Crippen LogP contribution in [-0.4, -0.2) is 23.3 Å². The summed E-state index contributed by atoms with van der Waals surface area (Å²) in [6.07, 6.45) is 3.38. The zero-order chi connectivity index (χ0) is 20.4. The summed E-state index contributed by atoms with van der Waals surface area (Å²) in [5, 5.41) is 7.20. The first-order valence-electron chi connectivity index (χ1n) is 10.3. The van der Waals surface area contributed by atoms with Crippen LogP contribution in [0.15, 0.2) is 54.7 Å². The number of carbonyl (C=O) groups excluding carboxylic acids is 2. The Bertz CT molecular complexity index is 1040. The van der Waals surface area contributed by atoms with Crippen LogP contribution >= 0.6 is 0 Å². The van der Waals surface area contributed by atoms with E-state index in [-0.39, 0.29) is 23.7 Å². The summed E-state index contributed by atoms with van der Waals surface area (Å²) in [5.74, 6) is -0.209. The molecule has 2 atom stereocenters. The average molecular weight is 389 g/mol. The smallest absolute Gasteiger partial charge is 0.228 e. The summed E-state index contributed by atoms with van der Waals surface area (Å²) in [7, 11) is 0. The van der Waals surface area contributed by atoms with Gasteiger partial charge in [0.25, 0.3) is 0 Å². The second-order valence-corrected chi connectivity index (χ2v) is 8.08. The number of aromatic amines is 1. The Morgan fingerprint density at radius 2 is 1.76 bits per heavy atom. The predicted octanol–water partition coefficient (Wildman–Crippen LogP) is 4.22. The van der Waals surface area contributed by atoms with E-state index < -0.39 is 0 Å². The van der Waals surface area contributed by atoms with E-state index in [1.165, 1.54) is 10.9 Å². The number of amides is 2. The molecule has 3 N–H and O–H groups in total. The van der Waals surface area contributed by atoms with E-state index in [1.54, 1.807) is 0 Å². The fourth-order valence-corrected chi connectivity index (χ4v) is 3.90. The highest BCUT2D eigenvalue weighted by Crippen LogP contribution is 2.40. The highest BCUT2D eigenvalue weighted by atomic mass is 16.2. The minimum atomic E-state index is -0.233. The second kappa shape index (κ2) is 8.11. The Kier molecular flexibility index (Phi) is 5.38. The fourth-order valence-electron chi connectivity index (χ4n) is 3.90. The highest BCUT2D eigenvalue weighted by Gasteiger charge is 2.48. The molecule has 1 aliphatic rings. The number of H-pyrrole nitrogens is 1. The van der Waals surface area contributed by atoms with Crippen molar-refractivity contribution in [2.24, 2.45) is 11.8 Å². The number of para-hydroxylation sites is 2. The summed E-state index contributed by atoms with van der Waals surface area (Å²) in [5.41, 5.74) is 4.25.